The van der Waals surface area contributed by atoms with Crippen molar-refractivity contribution >= 4 is 17.6 Å². The third-order valence-corrected chi connectivity index (χ3v) is 3.37. The predicted octanol–water partition coefficient (Wildman–Crippen LogP) is 2.51. The summed E-state index contributed by atoms with van der Waals surface area (Å²) < 4.78 is 0. The molecule has 0 aliphatic rings. The molecule has 0 aliphatic heterocycles. The molecule has 0 saturated heterocycles. The van der Waals surface area contributed by atoms with Crippen LogP contribution in [0.2, 0.25) is 0 Å². The van der Waals surface area contributed by atoms with E-state index in [0.29, 0.717) is 13.1 Å². The summed E-state index contributed by atoms with van der Waals surface area (Å²) in [6, 6.07) is 7.25. The van der Waals surface area contributed by atoms with Gasteiger partial charge in [-0.25, -0.2) is 0 Å². The Bertz CT molecular complexity index is 471. The van der Waals surface area contributed by atoms with Gasteiger partial charge in [0.25, 0.3) is 0 Å². The molecule has 0 fully saturated rings. The molecule has 0 radical (unpaired) electrons. The SMILES string of the molecule is CCCN(CCC(=O)O)C(C)C(=O)Nc1ccc(C)cc1. The zero-order chi connectivity index (χ0) is 15.8. The summed E-state index contributed by atoms with van der Waals surface area (Å²) in [4.78, 5) is 24.9. The second-order valence-corrected chi connectivity index (χ2v) is 5.21. The summed E-state index contributed by atoms with van der Waals surface area (Å²) in [5.74, 6) is -0.958. The molecule has 1 aromatic carbocycles. The average molecular weight is 292 g/mol. The average Bonchev–Trinajstić information content (AvgIpc) is 2.45. The van der Waals surface area contributed by atoms with E-state index in [9.17, 15) is 9.59 Å². The lowest BCUT2D eigenvalue weighted by molar-refractivity contribution is -0.138. The zero-order valence-electron chi connectivity index (χ0n) is 12.9. The minimum Gasteiger partial charge on any atom is -0.481 e. The number of carbonyl (C=O) groups is 2. The van der Waals surface area contributed by atoms with Gasteiger partial charge < -0.3 is 10.4 Å². The second kappa shape index (κ2) is 8.42. The Labute approximate surface area is 126 Å². The van der Waals surface area contributed by atoms with Gasteiger partial charge in [0.2, 0.25) is 5.91 Å². The minimum absolute atomic E-state index is 0.0438. The van der Waals surface area contributed by atoms with Gasteiger partial charge in [-0.2, -0.15) is 0 Å². The highest BCUT2D eigenvalue weighted by Gasteiger charge is 2.21. The highest BCUT2D eigenvalue weighted by atomic mass is 16.4. The number of aryl methyl sites for hydroxylation is 1. The Morgan fingerprint density at radius 2 is 1.86 bits per heavy atom. The van der Waals surface area contributed by atoms with Crippen LogP contribution in [-0.4, -0.2) is 41.0 Å². The maximum Gasteiger partial charge on any atom is 0.304 e. The monoisotopic (exact) mass is 292 g/mol. The van der Waals surface area contributed by atoms with E-state index in [1.54, 1.807) is 6.92 Å². The van der Waals surface area contributed by atoms with Crippen LogP contribution >= 0.6 is 0 Å². The first-order valence-corrected chi connectivity index (χ1v) is 7.27. The molecule has 1 rings (SSSR count). The maximum atomic E-state index is 12.3. The lowest BCUT2D eigenvalue weighted by Gasteiger charge is -2.27. The number of carbonyl (C=O) groups excluding carboxylic acids is 1. The van der Waals surface area contributed by atoms with Crippen LogP contribution in [0.4, 0.5) is 5.69 Å². The van der Waals surface area contributed by atoms with Crippen molar-refractivity contribution in [2.45, 2.75) is 39.7 Å². The Morgan fingerprint density at radius 3 is 2.38 bits per heavy atom. The molecule has 0 saturated carbocycles. The van der Waals surface area contributed by atoms with Gasteiger partial charge in [-0.3, -0.25) is 14.5 Å². The van der Waals surface area contributed by atoms with E-state index in [0.717, 1.165) is 17.7 Å². The minimum atomic E-state index is -0.845. The Balaban J connectivity index is 2.63. The summed E-state index contributed by atoms with van der Waals surface area (Å²) in [6.45, 7) is 6.89. The van der Waals surface area contributed by atoms with Crippen molar-refractivity contribution in [2.75, 3.05) is 18.4 Å². The normalized spacial score (nSPS) is 12.2. The largest absolute Gasteiger partial charge is 0.481 e. The van der Waals surface area contributed by atoms with E-state index >= 15 is 0 Å². The van der Waals surface area contributed by atoms with Crippen LogP contribution < -0.4 is 5.32 Å². The van der Waals surface area contributed by atoms with Gasteiger partial charge in [-0.1, -0.05) is 24.6 Å². The van der Waals surface area contributed by atoms with Crippen molar-refractivity contribution in [3.63, 3.8) is 0 Å². The Hall–Kier alpha value is -1.88. The topological polar surface area (TPSA) is 69.6 Å². The summed E-state index contributed by atoms with van der Waals surface area (Å²) in [5, 5.41) is 11.7. The molecule has 0 spiro atoms. The fourth-order valence-corrected chi connectivity index (χ4v) is 2.07. The highest BCUT2D eigenvalue weighted by molar-refractivity contribution is 5.94. The van der Waals surface area contributed by atoms with Crippen molar-refractivity contribution in [1.29, 1.82) is 0 Å². The van der Waals surface area contributed by atoms with Gasteiger partial charge in [0.1, 0.15) is 0 Å². The lowest BCUT2D eigenvalue weighted by atomic mass is 10.2. The molecule has 2 N–H and O–H groups in total. The highest BCUT2D eigenvalue weighted by Crippen LogP contribution is 2.11. The molecular weight excluding hydrogens is 268 g/mol. The summed E-state index contributed by atoms with van der Waals surface area (Å²) in [7, 11) is 0. The van der Waals surface area contributed by atoms with Gasteiger partial charge in [-0.05, 0) is 38.9 Å². The fourth-order valence-electron chi connectivity index (χ4n) is 2.07. The van der Waals surface area contributed by atoms with Crippen LogP contribution in [0.1, 0.15) is 32.3 Å². The molecule has 21 heavy (non-hydrogen) atoms. The first-order chi connectivity index (χ1) is 9.93. The van der Waals surface area contributed by atoms with Crippen molar-refractivity contribution in [3.8, 4) is 0 Å². The maximum absolute atomic E-state index is 12.3. The summed E-state index contributed by atoms with van der Waals surface area (Å²) in [5.41, 5.74) is 1.89. The number of rotatable bonds is 8. The van der Waals surface area contributed by atoms with E-state index in [4.69, 9.17) is 5.11 Å². The molecule has 0 aromatic heterocycles. The number of amides is 1. The van der Waals surface area contributed by atoms with Gasteiger partial charge in [-0.15, -0.1) is 0 Å². The zero-order valence-corrected chi connectivity index (χ0v) is 12.9. The number of aliphatic carboxylic acids is 1. The van der Waals surface area contributed by atoms with Crippen molar-refractivity contribution < 1.29 is 14.7 Å². The van der Waals surface area contributed by atoms with Crippen LogP contribution in [-0.2, 0) is 9.59 Å². The van der Waals surface area contributed by atoms with E-state index in [1.165, 1.54) is 0 Å². The molecule has 5 nitrogen and oxygen atoms in total. The standard InChI is InChI=1S/C16H24N2O3/c1-4-10-18(11-9-15(19)20)13(3)16(21)17-14-7-5-12(2)6-8-14/h5-8,13H,4,9-11H2,1-3H3,(H,17,21)(H,19,20). The molecule has 5 heteroatoms. The molecule has 0 aliphatic carbocycles. The molecule has 1 amide bonds. The summed E-state index contributed by atoms with van der Waals surface area (Å²) >= 11 is 0. The van der Waals surface area contributed by atoms with Gasteiger partial charge in [0, 0.05) is 12.2 Å². The Kier molecular flexibility index (Phi) is 6.88. The first-order valence-electron chi connectivity index (χ1n) is 7.27. The molecular formula is C16H24N2O3. The van der Waals surface area contributed by atoms with E-state index in [-0.39, 0.29) is 18.4 Å². The number of carboxylic acid groups (broad SMARTS) is 1. The van der Waals surface area contributed by atoms with Crippen molar-refractivity contribution in [2.24, 2.45) is 0 Å². The van der Waals surface area contributed by atoms with Crippen LogP contribution in [0, 0.1) is 6.92 Å². The van der Waals surface area contributed by atoms with E-state index in [1.807, 2.05) is 43.0 Å². The lowest BCUT2D eigenvalue weighted by Crippen LogP contribution is -2.43. The quantitative estimate of drug-likeness (QED) is 0.772. The van der Waals surface area contributed by atoms with Gasteiger partial charge in [0.15, 0.2) is 0 Å². The van der Waals surface area contributed by atoms with Crippen molar-refractivity contribution in [1.82, 2.24) is 4.90 Å². The fraction of sp³-hybridized carbons (Fsp3) is 0.500. The summed E-state index contributed by atoms with van der Waals surface area (Å²) in [6.07, 6.45) is 0.921. The predicted molar refractivity (Wildman–Crippen MR) is 83.4 cm³/mol. The number of hydrogen-bond donors (Lipinski definition) is 2. The van der Waals surface area contributed by atoms with Gasteiger partial charge in [0.05, 0.1) is 12.5 Å². The van der Waals surface area contributed by atoms with E-state index in [2.05, 4.69) is 5.32 Å². The molecule has 1 atom stereocenters. The molecule has 0 bridgehead atoms. The van der Waals surface area contributed by atoms with Crippen LogP contribution in [0.5, 0.6) is 0 Å². The number of carboxylic acids is 1. The molecule has 0 heterocycles. The van der Waals surface area contributed by atoms with Crippen LogP contribution in [0.25, 0.3) is 0 Å². The van der Waals surface area contributed by atoms with Crippen LogP contribution in [0.3, 0.4) is 0 Å². The molecule has 116 valence electrons. The number of anilines is 1. The smallest absolute Gasteiger partial charge is 0.304 e. The molecule has 1 aromatic rings. The van der Waals surface area contributed by atoms with Crippen LogP contribution in [0.15, 0.2) is 24.3 Å². The molecule has 1 unspecified atom stereocenters. The van der Waals surface area contributed by atoms with Gasteiger partial charge >= 0.3 is 5.97 Å². The second-order valence-electron chi connectivity index (χ2n) is 5.21. The third-order valence-electron chi connectivity index (χ3n) is 3.37. The number of nitrogens with one attached hydrogen (secondary N) is 1. The first kappa shape index (κ1) is 17.2. The number of nitrogens with zero attached hydrogens (tertiary/aromatic N) is 1. The third kappa shape index (κ3) is 5.95. The van der Waals surface area contributed by atoms with Crippen molar-refractivity contribution in [3.05, 3.63) is 29.8 Å². The number of hydrogen-bond acceptors (Lipinski definition) is 3. The Morgan fingerprint density at radius 1 is 1.24 bits per heavy atom. The number of benzene rings is 1. The van der Waals surface area contributed by atoms with E-state index < -0.39 is 5.97 Å².